The van der Waals surface area contributed by atoms with Crippen LogP contribution in [0, 0.1) is 3.57 Å². The molecular weight excluding hydrogens is 621 g/mol. The molecule has 1 N–H and O–H groups in total. The molecule has 7 nitrogen and oxygen atoms in total. The van der Waals surface area contributed by atoms with Crippen LogP contribution in [0.2, 0.25) is 0 Å². The summed E-state index contributed by atoms with van der Waals surface area (Å²) in [6.07, 6.45) is 0. The molecule has 0 aliphatic heterocycles. The molecule has 0 saturated carbocycles. The lowest BCUT2D eigenvalue weighted by atomic mass is 10.1. The minimum atomic E-state index is -4.14. The van der Waals surface area contributed by atoms with Crippen molar-refractivity contribution in [1.29, 1.82) is 0 Å². The predicted octanol–water partition coefficient (Wildman–Crippen LogP) is 4.80. The van der Waals surface area contributed by atoms with E-state index in [1.54, 1.807) is 49.4 Å². The fraction of sp³-hybridized carbons (Fsp3) is 0.130. The number of hydrogen-bond donors (Lipinski definition) is 1. The lowest BCUT2D eigenvalue weighted by Gasteiger charge is -2.24. The number of rotatable bonds is 8. The number of hydrogen-bond acceptors (Lipinski definition) is 5. The van der Waals surface area contributed by atoms with Gasteiger partial charge in [-0.2, -0.15) is 5.10 Å². The molecular formula is C23H21BrIN3O4S. The van der Waals surface area contributed by atoms with Gasteiger partial charge in [-0.1, -0.05) is 46.3 Å². The van der Waals surface area contributed by atoms with Crippen molar-refractivity contribution in [1.82, 2.24) is 5.43 Å². The van der Waals surface area contributed by atoms with Gasteiger partial charge in [-0.3, -0.25) is 9.10 Å². The summed E-state index contributed by atoms with van der Waals surface area (Å²) in [7, 11) is -2.75. The van der Waals surface area contributed by atoms with Crippen LogP contribution < -0.4 is 14.5 Å². The summed E-state index contributed by atoms with van der Waals surface area (Å²) in [5.74, 6) is -0.409. The molecule has 3 aromatic rings. The van der Waals surface area contributed by atoms with Crippen molar-refractivity contribution < 1.29 is 17.9 Å². The van der Waals surface area contributed by atoms with Crippen molar-refractivity contribution in [2.75, 3.05) is 18.0 Å². The second-order valence-corrected chi connectivity index (χ2v) is 10.9. The van der Waals surface area contributed by atoms with Gasteiger partial charge in [0, 0.05) is 8.04 Å². The van der Waals surface area contributed by atoms with Gasteiger partial charge >= 0.3 is 0 Å². The quantitative estimate of drug-likeness (QED) is 0.218. The van der Waals surface area contributed by atoms with Crippen LogP contribution in [0.1, 0.15) is 12.5 Å². The maximum atomic E-state index is 13.6. The summed E-state index contributed by atoms with van der Waals surface area (Å²) >= 11 is 5.51. The van der Waals surface area contributed by atoms with E-state index in [0.717, 1.165) is 13.4 Å². The van der Waals surface area contributed by atoms with Gasteiger partial charge in [0.1, 0.15) is 17.2 Å². The van der Waals surface area contributed by atoms with Crippen LogP contribution in [-0.4, -0.2) is 33.7 Å². The Morgan fingerprint density at radius 3 is 2.39 bits per heavy atom. The molecule has 3 aromatic carbocycles. The third kappa shape index (κ3) is 6.33. The molecule has 0 aromatic heterocycles. The Hall–Kier alpha value is -2.44. The molecule has 0 unspecified atom stereocenters. The van der Waals surface area contributed by atoms with E-state index in [4.69, 9.17) is 4.74 Å². The van der Waals surface area contributed by atoms with Crippen molar-refractivity contribution >= 4 is 65.9 Å². The summed E-state index contributed by atoms with van der Waals surface area (Å²) in [4.78, 5) is 12.7. The van der Waals surface area contributed by atoms with E-state index in [9.17, 15) is 13.2 Å². The third-order valence-corrected chi connectivity index (χ3v) is 7.64. The number of benzene rings is 3. The molecule has 0 spiro atoms. The number of ether oxygens (including phenoxy) is 1. The van der Waals surface area contributed by atoms with Gasteiger partial charge in [0.2, 0.25) is 0 Å². The van der Waals surface area contributed by atoms with Gasteiger partial charge in [-0.15, -0.1) is 0 Å². The van der Waals surface area contributed by atoms with E-state index < -0.39 is 22.5 Å². The highest BCUT2D eigenvalue weighted by molar-refractivity contribution is 14.1. The number of anilines is 1. The Bertz CT molecular complexity index is 1270. The zero-order valence-electron chi connectivity index (χ0n) is 17.8. The zero-order chi connectivity index (χ0) is 24.0. The van der Waals surface area contributed by atoms with Gasteiger partial charge in [-0.05, 0) is 77.5 Å². The summed E-state index contributed by atoms with van der Waals surface area (Å²) in [6, 6.07) is 20.8. The van der Waals surface area contributed by atoms with Crippen molar-refractivity contribution in [3.8, 4) is 5.75 Å². The smallest absolute Gasteiger partial charge is 0.268 e. The second kappa shape index (κ2) is 11.1. The molecule has 0 aliphatic rings. The molecule has 0 saturated heterocycles. The van der Waals surface area contributed by atoms with Crippen molar-refractivity contribution in [2.45, 2.75) is 11.8 Å². The number of amides is 1. The highest BCUT2D eigenvalue weighted by atomic mass is 127. The number of carbonyl (C=O) groups is 1. The topological polar surface area (TPSA) is 88.1 Å². The number of sulfonamides is 1. The molecule has 33 heavy (non-hydrogen) atoms. The third-order valence-electron chi connectivity index (χ3n) is 4.64. The van der Waals surface area contributed by atoms with Gasteiger partial charge < -0.3 is 4.74 Å². The number of hydrazone groups is 1. The van der Waals surface area contributed by atoms with Crippen molar-refractivity contribution in [3.05, 3.63) is 86.4 Å². The number of methoxy groups -OCH3 is 1. The van der Waals surface area contributed by atoms with E-state index in [0.29, 0.717) is 15.9 Å². The maximum absolute atomic E-state index is 13.6. The number of nitrogens with zero attached hydrogens (tertiary/aromatic N) is 2. The average molecular weight is 642 g/mol. The van der Waals surface area contributed by atoms with Crippen LogP contribution >= 0.6 is 38.5 Å². The predicted molar refractivity (Wildman–Crippen MR) is 141 cm³/mol. The van der Waals surface area contributed by atoms with Gasteiger partial charge in [0.15, 0.2) is 0 Å². The minimum absolute atomic E-state index is 0.0606. The highest BCUT2D eigenvalue weighted by Crippen LogP contribution is 2.32. The van der Waals surface area contributed by atoms with E-state index >= 15 is 0 Å². The molecule has 3 rings (SSSR count). The fourth-order valence-electron chi connectivity index (χ4n) is 2.95. The van der Waals surface area contributed by atoms with E-state index in [1.807, 2.05) is 24.3 Å². The van der Waals surface area contributed by atoms with Crippen molar-refractivity contribution in [2.24, 2.45) is 5.10 Å². The Morgan fingerprint density at radius 1 is 1.09 bits per heavy atom. The lowest BCUT2D eigenvalue weighted by molar-refractivity contribution is -0.119. The maximum Gasteiger partial charge on any atom is 0.268 e. The van der Waals surface area contributed by atoms with Crippen LogP contribution in [0.25, 0.3) is 0 Å². The number of carbonyl (C=O) groups excluding carboxylic acids is 1. The van der Waals surface area contributed by atoms with Gasteiger partial charge in [-0.25, -0.2) is 13.8 Å². The number of nitrogens with one attached hydrogen (secondary N) is 1. The summed E-state index contributed by atoms with van der Waals surface area (Å²) < 4.78 is 35.1. The lowest BCUT2D eigenvalue weighted by Crippen LogP contribution is -2.40. The minimum Gasteiger partial charge on any atom is -0.495 e. The molecule has 1 amide bonds. The standard InChI is InChI=1S/C23H21BrIN3O4S/c1-16(17-8-11-19(25)12-9-17)26-27-23(29)15-28(20-6-4-3-5-7-20)33(30,31)22-14-18(24)10-13-21(22)32-2/h3-14H,15H2,1-2H3,(H,27,29)/b26-16-. The Labute approximate surface area is 215 Å². The SMILES string of the molecule is COc1ccc(Br)cc1S(=O)(=O)N(CC(=O)N/N=C(/C)c1ccc(I)cc1)c1ccccc1. The van der Waals surface area contributed by atoms with E-state index in [2.05, 4.69) is 49.0 Å². The molecule has 172 valence electrons. The largest absolute Gasteiger partial charge is 0.495 e. The van der Waals surface area contributed by atoms with Crippen LogP contribution in [0.3, 0.4) is 0 Å². The van der Waals surface area contributed by atoms with Crippen LogP contribution in [-0.2, 0) is 14.8 Å². The summed E-state index contributed by atoms with van der Waals surface area (Å²) in [5, 5.41) is 4.13. The first-order valence-electron chi connectivity index (χ1n) is 9.73. The average Bonchev–Trinajstić information content (AvgIpc) is 2.81. The van der Waals surface area contributed by atoms with Gasteiger partial charge in [0.05, 0.1) is 18.5 Å². The number of halogens is 2. The van der Waals surface area contributed by atoms with Crippen LogP contribution in [0.15, 0.2) is 87.3 Å². The van der Waals surface area contributed by atoms with E-state index in [-0.39, 0.29) is 10.6 Å². The molecule has 0 heterocycles. The fourth-order valence-corrected chi connectivity index (χ4v) is 5.43. The van der Waals surface area contributed by atoms with Crippen LogP contribution in [0.4, 0.5) is 5.69 Å². The first kappa shape index (κ1) is 25.2. The Balaban J connectivity index is 1.91. The zero-order valence-corrected chi connectivity index (χ0v) is 22.4. The monoisotopic (exact) mass is 641 g/mol. The highest BCUT2D eigenvalue weighted by Gasteiger charge is 2.30. The van der Waals surface area contributed by atoms with Crippen molar-refractivity contribution in [3.63, 3.8) is 0 Å². The first-order valence-corrected chi connectivity index (χ1v) is 13.0. The Kier molecular flexibility index (Phi) is 8.49. The second-order valence-electron chi connectivity index (χ2n) is 6.88. The van der Waals surface area contributed by atoms with Gasteiger partial charge in [0.25, 0.3) is 15.9 Å². The Morgan fingerprint density at radius 2 is 1.76 bits per heavy atom. The summed E-state index contributed by atoms with van der Waals surface area (Å²) in [5.41, 5.74) is 4.25. The normalized spacial score (nSPS) is 11.7. The summed E-state index contributed by atoms with van der Waals surface area (Å²) in [6.45, 7) is 1.30. The molecule has 0 atom stereocenters. The molecule has 10 heteroatoms. The molecule has 0 aliphatic carbocycles. The first-order chi connectivity index (χ1) is 15.7. The molecule has 0 radical (unpaired) electrons. The van der Waals surface area contributed by atoms with Crippen LogP contribution in [0.5, 0.6) is 5.75 Å². The molecule has 0 fully saturated rings. The molecule has 0 bridgehead atoms. The number of para-hydroxylation sites is 1. The van der Waals surface area contributed by atoms with E-state index in [1.165, 1.54) is 13.2 Å².